The van der Waals surface area contributed by atoms with Crippen molar-refractivity contribution in [2.75, 3.05) is 18.5 Å². The molecule has 0 bridgehead atoms. The predicted molar refractivity (Wildman–Crippen MR) is 112 cm³/mol. The fourth-order valence-electron chi connectivity index (χ4n) is 3.92. The van der Waals surface area contributed by atoms with Crippen LogP contribution < -0.4 is 5.32 Å². The van der Waals surface area contributed by atoms with E-state index in [1.807, 2.05) is 13.8 Å². The molecule has 30 heavy (non-hydrogen) atoms. The molecule has 2 aromatic rings. The zero-order valence-corrected chi connectivity index (χ0v) is 17.6. The van der Waals surface area contributed by atoms with Crippen molar-refractivity contribution in [1.29, 1.82) is 0 Å². The van der Waals surface area contributed by atoms with Crippen LogP contribution in [0.25, 0.3) is 11.3 Å². The number of aliphatic hydroxyl groups is 1. The van der Waals surface area contributed by atoms with Crippen molar-refractivity contribution in [3.8, 4) is 11.3 Å². The van der Waals surface area contributed by atoms with Crippen molar-refractivity contribution in [3.63, 3.8) is 0 Å². The summed E-state index contributed by atoms with van der Waals surface area (Å²) in [6.45, 7) is 5.86. The molecule has 158 valence electrons. The van der Waals surface area contributed by atoms with Crippen LogP contribution in [0.5, 0.6) is 0 Å². The number of nitrogens with one attached hydrogen (secondary N) is 1. The van der Waals surface area contributed by atoms with Crippen molar-refractivity contribution in [2.24, 2.45) is 4.99 Å². The molecule has 2 aliphatic heterocycles. The van der Waals surface area contributed by atoms with E-state index in [0.29, 0.717) is 35.6 Å². The van der Waals surface area contributed by atoms with Crippen LogP contribution in [0.3, 0.4) is 0 Å². The first kappa shape index (κ1) is 20.8. The average Bonchev–Trinajstić information content (AvgIpc) is 2.96. The van der Waals surface area contributed by atoms with Crippen LogP contribution in [0.15, 0.2) is 23.3 Å². The van der Waals surface area contributed by atoms with Gasteiger partial charge in [0, 0.05) is 24.5 Å². The normalized spacial score (nSPS) is 22.4. The number of carbonyl (C=O) groups is 1. The van der Waals surface area contributed by atoms with Gasteiger partial charge >= 0.3 is 0 Å². The summed E-state index contributed by atoms with van der Waals surface area (Å²) in [6.07, 6.45) is 1.36. The highest BCUT2D eigenvalue weighted by Gasteiger charge is 2.39. The molecule has 0 spiro atoms. The van der Waals surface area contributed by atoms with Gasteiger partial charge in [-0.1, -0.05) is 11.6 Å². The zero-order valence-electron chi connectivity index (χ0n) is 16.9. The van der Waals surface area contributed by atoms with E-state index in [-0.39, 0.29) is 35.1 Å². The molecule has 1 saturated heterocycles. The van der Waals surface area contributed by atoms with Crippen LogP contribution in [0.1, 0.15) is 32.8 Å². The number of rotatable bonds is 4. The molecule has 1 aromatic carbocycles. The molecule has 7 nitrogen and oxygen atoms in total. The number of aromatic nitrogens is 2. The Balaban J connectivity index is 1.72. The van der Waals surface area contributed by atoms with Gasteiger partial charge in [0.05, 0.1) is 41.4 Å². The number of Topliss-reactive ketones (excluding diaryl/α,β-unsaturated/α-hetero) is 1. The monoisotopic (exact) mass is 432 g/mol. The summed E-state index contributed by atoms with van der Waals surface area (Å²) >= 11 is 6.33. The minimum absolute atomic E-state index is 0.169. The molecule has 2 atom stereocenters. The SMILES string of the molecule is CC(=O)C1=Nc2c(F)cc(-c3nc(N[C@@H]4CCOC[C@H]4O)ncc3Cl)cc2C1(C)C. The minimum Gasteiger partial charge on any atom is -0.389 e. The standard InChI is InChI=1S/C21H22ClFN4O3/c1-10(28)19-21(2,3)12-6-11(7-14(23)18(12)26-19)17-13(22)8-24-20(27-17)25-15-4-5-30-9-16(15)29/h6-8,15-16,29H,4-5,9H2,1-3H3,(H,24,25,27)/t15-,16-/m1/s1. The highest BCUT2D eigenvalue weighted by atomic mass is 35.5. The molecule has 0 radical (unpaired) electrons. The lowest BCUT2D eigenvalue weighted by Crippen LogP contribution is -2.42. The largest absolute Gasteiger partial charge is 0.389 e. The van der Waals surface area contributed by atoms with E-state index in [4.69, 9.17) is 16.3 Å². The van der Waals surface area contributed by atoms with Gasteiger partial charge in [-0.25, -0.2) is 19.4 Å². The van der Waals surface area contributed by atoms with Crippen LogP contribution >= 0.6 is 11.6 Å². The smallest absolute Gasteiger partial charge is 0.223 e. The summed E-state index contributed by atoms with van der Waals surface area (Å²) in [5.41, 5.74) is 1.17. The van der Waals surface area contributed by atoms with Gasteiger partial charge in [0.25, 0.3) is 0 Å². The predicted octanol–water partition coefficient (Wildman–Crippen LogP) is 3.45. The summed E-state index contributed by atoms with van der Waals surface area (Å²) in [6, 6.07) is 2.82. The Morgan fingerprint density at radius 1 is 1.40 bits per heavy atom. The number of ketones is 1. The second-order valence-corrected chi connectivity index (χ2v) is 8.47. The van der Waals surface area contributed by atoms with Crippen molar-refractivity contribution in [3.05, 3.63) is 34.7 Å². The second kappa shape index (κ2) is 7.68. The molecule has 0 saturated carbocycles. The van der Waals surface area contributed by atoms with Crippen molar-refractivity contribution in [1.82, 2.24) is 9.97 Å². The quantitative estimate of drug-likeness (QED) is 0.768. The Bertz CT molecular complexity index is 1060. The van der Waals surface area contributed by atoms with Gasteiger partial charge < -0.3 is 15.2 Å². The van der Waals surface area contributed by atoms with E-state index in [1.54, 1.807) is 6.07 Å². The van der Waals surface area contributed by atoms with Crippen molar-refractivity contribution in [2.45, 2.75) is 44.8 Å². The Hall–Kier alpha value is -2.42. The van der Waals surface area contributed by atoms with Crippen LogP contribution in [-0.2, 0) is 14.9 Å². The van der Waals surface area contributed by atoms with Gasteiger partial charge in [-0.3, -0.25) is 4.79 Å². The Morgan fingerprint density at radius 2 is 2.17 bits per heavy atom. The maximum absolute atomic E-state index is 14.9. The van der Waals surface area contributed by atoms with Gasteiger partial charge in [0.1, 0.15) is 11.5 Å². The first-order chi connectivity index (χ1) is 14.2. The van der Waals surface area contributed by atoms with E-state index >= 15 is 0 Å². The number of carbonyl (C=O) groups excluding carboxylic acids is 1. The molecule has 3 heterocycles. The van der Waals surface area contributed by atoms with Crippen molar-refractivity contribution >= 4 is 34.7 Å². The molecule has 0 amide bonds. The molecule has 2 N–H and O–H groups in total. The number of hydrogen-bond acceptors (Lipinski definition) is 7. The lowest BCUT2D eigenvalue weighted by Gasteiger charge is -2.28. The first-order valence-electron chi connectivity index (χ1n) is 9.68. The van der Waals surface area contributed by atoms with Gasteiger partial charge in [-0.15, -0.1) is 0 Å². The van der Waals surface area contributed by atoms with Crippen LogP contribution in [0.4, 0.5) is 16.0 Å². The number of ether oxygens (including phenoxy) is 1. The average molecular weight is 433 g/mol. The zero-order chi connectivity index (χ0) is 21.6. The Morgan fingerprint density at radius 3 is 2.87 bits per heavy atom. The molecule has 4 rings (SSSR count). The summed E-state index contributed by atoms with van der Waals surface area (Å²) < 4.78 is 20.1. The van der Waals surface area contributed by atoms with E-state index in [1.165, 1.54) is 19.2 Å². The van der Waals surface area contributed by atoms with E-state index in [2.05, 4.69) is 20.3 Å². The molecule has 0 unspecified atom stereocenters. The number of nitrogens with zero attached hydrogens (tertiary/aromatic N) is 3. The maximum atomic E-state index is 14.9. The van der Waals surface area contributed by atoms with E-state index in [9.17, 15) is 14.3 Å². The molecule has 0 aliphatic carbocycles. The second-order valence-electron chi connectivity index (χ2n) is 8.07. The van der Waals surface area contributed by atoms with Gasteiger partial charge in [-0.2, -0.15) is 0 Å². The Labute approximate surface area is 178 Å². The summed E-state index contributed by atoms with van der Waals surface area (Å²) in [4.78, 5) is 24.9. The lowest BCUT2D eigenvalue weighted by molar-refractivity contribution is -0.111. The molecule has 1 aromatic heterocycles. The number of halogens is 2. The third-order valence-electron chi connectivity index (χ3n) is 5.54. The fraction of sp³-hybridized carbons (Fsp3) is 0.429. The van der Waals surface area contributed by atoms with Gasteiger partial charge in [-0.05, 0) is 38.0 Å². The number of aliphatic hydroxyl groups excluding tert-OH is 1. The third-order valence-corrected chi connectivity index (χ3v) is 5.82. The molecular weight excluding hydrogens is 411 g/mol. The number of anilines is 1. The molecular formula is C21H22ClFN4O3. The highest BCUT2D eigenvalue weighted by Crippen LogP contribution is 2.44. The molecule has 9 heteroatoms. The number of fused-ring (bicyclic) bond motifs is 1. The van der Waals surface area contributed by atoms with Crippen LogP contribution in [0, 0.1) is 5.82 Å². The molecule has 1 fully saturated rings. The lowest BCUT2D eigenvalue weighted by atomic mass is 9.79. The Kier molecular flexibility index (Phi) is 5.34. The van der Waals surface area contributed by atoms with Gasteiger partial charge in [0.2, 0.25) is 5.95 Å². The fourth-order valence-corrected chi connectivity index (χ4v) is 4.12. The number of hydrogen-bond donors (Lipinski definition) is 2. The van der Waals surface area contributed by atoms with Gasteiger partial charge in [0.15, 0.2) is 5.78 Å². The van der Waals surface area contributed by atoms with Crippen molar-refractivity contribution < 1.29 is 19.0 Å². The maximum Gasteiger partial charge on any atom is 0.223 e. The topological polar surface area (TPSA) is 96.7 Å². The third kappa shape index (κ3) is 3.59. The number of benzene rings is 1. The van der Waals surface area contributed by atoms with Crippen LogP contribution in [-0.4, -0.2) is 51.9 Å². The van der Waals surface area contributed by atoms with E-state index < -0.39 is 17.3 Å². The van der Waals surface area contributed by atoms with E-state index in [0.717, 1.165) is 0 Å². The highest BCUT2D eigenvalue weighted by molar-refractivity contribution is 6.44. The first-order valence-corrected chi connectivity index (χ1v) is 10.1. The summed E-state index contributed by atoms with van der Waals surface area (Å²) in [7, 11) is 0. The van der Waals surface area contributed by atoms with Crippen LogP contribution in [0.2, 0.25) is 5.02 Å². The number of aliphatic imine (C=N–C) groups is 1. The molecule has 2 aliphatic rings. The summed E-state index contributed by atoms with van der Waals surface area (Å²) in [5, 5.41) is 13.4. The minimum atomic E-state index is -0.731. The summed E-state index contributed by atoms with van der Waals surface area (Å²) in [5.74, 6) is -0.462.